The Hall–Kier alpha value is -1.63. The minimum atomic E-state index is -0.764. The van der Waals surface area contributed by atoms with Crippen molar-refractivity contribution in [3.63, 3.8) is 0 Å². The van der Waals surface area contributed by atoms with Crippen LogP contribution in [0.25, 0.3) is 0 Å². The van der Waals surface area contributed by atoms with Gasteiger partial charge in [0.25, 0.3) is 0 Å². The summed E-state index contributed by atoms with van der Waals surface area (Å²) in [6.07, 6.45) is 1.58. The van der Waals surface area contributed by atoms with Crippen molar-refractivity contribution in [3.05, 3.63) is 0 Å². The molecule has 1 saturated heterocycles. The Balaban J connectivity index is 3.09. The highest BCUT2D eigenvalue weighted by Gasteiger charge is 2.43. The van der Waals surface area contributed by atoms with Gasteiger partial charge in [0.05, 0.1) is 11.7 Å². The van der Waals surface area contributed by atoms with Gasteiger partial charge in [0, 0.05) is 18.9 Å². The molecule has 0 saturated carbocycles. The first kappa shape index (κ1) is 27.4. The van der Waals surface area contributed by atoms with Gasteiger partial charge in [-0.05, 0) is 53.9 Å². The number of amides is 2. The molecule has 0 aromatic heterocycles. The van der Waals surface area contributed by atoms with Crippen LogP contribution >= 0.6 is 0 Å². The normalized spacial score (nSPS) is 22.6. The first-order valence-electron chi connectivity index (χ1n) is 11.6. The number of hydrogen-bond acceptors (Lipinski definition) is 5. The van der Waals surface area contributed by atoms with E-state index >= 15 is 0 Å². The van der Waals surface area contributed by atoms with Gasteiger partial charge in [0.2, 0.25) is 11.8 Å². The summed E-state index contributed by atoms with van der Waals surface area (Å²) < 4.78 is 11.6. The number of nitrogens with zero attached hydrogens (tertiary/aromatic N) is 1. The molecule has 1 aliphatic rings. The second-order valence-corrected chi connectivity index (χ2v) is 10.8. The monoisotopic (exact) mass is 440 g/mol. The highest BCUT2D eigenvalue weighted by molar-refractivity contribution is 5.92. The van der Waals surface area contributed by atoms with Crippen molar-refractivity contribution < 1.29 is 23.9 Å². The molecule has 7 nitrogen and oxygen atoms in total. The third-order valence-electron chi connectivity index (χ3n) is 5.57. The Kier molecular flexibility index (Phi) is 9.54. The van der Waals surface area contributed by atoms with Crippen molar-refractivity contribution in [2.75, 3.05) is 6.54 Å². The number of rotatable bonds is 8. The van der Waals surface area contributed by atoms with Gasteiger partial charge < -0.3 is 19.7 Å². The van der Waals surface area contributed by atoms with Crippen LogP contribution in [0.2, 0.25) is 0 Å². The van der Waals surface area contributed by atoms with Gasteiger partial charge in [-0.3, -0.25) is 9.59 Å². The van der Waals surface area contributed by atoms with Crippen LogP contribution in [0, 0.1) is 11.8 Å². The Morgan fingerprint density at radius 3 is 2.03 bits per heavy atom. The van der Waals surface area contributed by atoms with Gasteiger partial charge >= 0.3 is 5.97 Å². The molecule has 1 N–H and O–H groups in total. The van der Waals surface area contributed by atoms with E-state index < -0.39 is 23.7 Å². The fourth-order valence-corrected chi connectivity index (χ4v) is 3.62. The third kappa shape index (κ3) is 8.43. The van der Waals surface area contributed by atoms with E-state index in [9.17, 15) is 14.4 Å². The molecule has 0 aromatic carbocycles. The summed E-state index contributed by atoms with van der Waals surface area (Å²) in [6, 6.07) is -1.43. The summed E-state index contributed by atoms with van der Waals surface area (Å²) in [6.45, 7) is 19.4. The number of likely N-dealkylation sites (tertiary alicyclic amines) is 1. The maximum absolute atomic E-state index is 13.3. The molecule has 0 aliphatic carbocycles. The maximum Gasteiger partial charge on any atom is 0.329 e. The Morgan fingerprint density at radius 2 is 1.58 bits per heavy atom. The molecular weight excluding hydrogens is 396 g/mol. The second kappa shape index (κ2) is 10.8. The molecule has 1 fully saturated rings. The predicted molar refractivity (Wildman–Crippen MR) is 121 cm³/mol. The van der Waals surface area contributed by atoms with Crippen molar-refractivity contribution in [1.29, 1.82) is 0 Å². The smallest absolute Gasteiger partial charge is 0.329 e. The van der Waals surface area contributed by atoms with Crippen molar-refractivity contribution in [1.82, 2.24) is 10.2 Å². The maximum atomic E-state index is 13.3. The standard InChI is InChI=1S/C24H44N2O5/c1-11-15(3)19(22(29)31-24(8,9)10)25-20(27)18-13-17(30-23(5,6)7)14-26(18)21(28)16(4)12-2/h15-19H,11-14H2,1-10H3,(H,25,27)/t15-,16-,17+,18-,19-/m0/s1. The van der Waals surface area contributed by atoms with Crippen LogP contribution in [0.3, 0.4) is 0 Å². The highest BCUT2D eigenvalue weighted by Crippen LogP contribution is 2.27. The fourth-order valence-electron chi connectivity index (χ4n) is 3.62. The summed E-state index contributed by atoms with van der Waals surface area (Å²) in [4.78, 5) is 40.7. The van der Waals surface area contributed by atoms with Crippen LogP contribution in [0.1, 0.15) is 88.5 Å². The second-order valence-electron chi connectivity index (χ2n) is 10.8. The van der Waals surface area contributed by atoms with E-state index in [1.54, 1.807) is 25.7 Å². The van der Waals surface area contributed by atoms with E-state index in [1.807, 2.05) is 48.5 Å². The zero-order chi connectivity index (χ0) is 24.1. The summed E-state index contributed by atoms with van der Waals surface area (Å²) in [5.74, 6) is -1.11. The molecule has 7 heteroatoms. The largest absolute Gasteiger partial charge is 0.458 e. The zero-order valence-electron chi connectivity index (χ0n) is 21.2. The highest BCUT2D eigenvalue weighted by atomic mass is 16.6. The van der Waals surface area contributed by atoms with E-state index in [1.165, 1.54) is 0 Å². The van der Waals surface area contributed by atoms with Crippen molar-refractivity contribution in [3.8, 4) is 0 Å². The topological polar surface area (TPSA) is 84.9 Å². The average Bonchev–Trinajstić information content (AvgIpc) is 3.04. The fraction of sp³-hybridized carbons (Fsp3) is 0.875. The Morgan fingerprint density at radius 1 is 1.00 bits per heavy atom. The summed E-state index contributed by atoms with van der Waals surface area (Å²) in [5, 5.41) is 2.89. The third-order valence-corrected chi connectivity index (χ3v) is 5.57. The van der Waals surface area contributed by atoms with Crippen molar-refractivity contribution in [2.45, 2.75) is 118 Å². The number of hydrogen-bond donors (Lipinski definition) is 1. The molecule has 5 atom stereocenters. The van der Waals surface area contributed by atoms with Crippen LogP contribution < -0.4 is 5.32 Å². The van der Waals surface area contributed by atoms with Crippen LogP contribution in [-0.2, 0) is 23.9 Å². The van der Waals surface area contributed by atoms with E-state index in [4.69, 9.17) is 9.47 Å². The molecule has 1 aliphatic heterocycles. The van der Waals surface area contributed by atoms with E-state index in [2.05, 4.69) is 5.32 Å². The first-order valence-corrected chi connectivity index (χ1v) is 11.6. The zero-order valence-corrected chi connectivity index (χ0v) is 21.2. The average molecular weight is 441 g/mol. The molecule has 180 valence electrons. The molecule has 0 spiro atoms. The molecule has 1 rings (SSSR count). The molecule has 31 heavy (non-hydrogen) atoms. The Labute approximate surface area is 188 Å². The number of carbonyl (C=O) groups is 3. The molecule has 0 unspecified atom stereocenters. The Bertz CT molecular complexity index is 635. The first-order chi connectivity index (χ1) is 14.1. The summed E-state index contributed by atoms with van der Waals surface area (Å²) >= 11 is 0. The molecule has 1 heterocycles. The lowest BCUT2D eigenvalue weighted by molar-refractivity contribution is -0.160. The molecule has 2 amide bonds. The van der Waals surface area contributed by atoms with Gasteiger partial charge in [-0.25, -0.2) is 4.79 Å². The number of ether oxygens (including phenoxy) is 2. The number of nitrogens with one attached hydrogen (secondary N) is 1. The molecule has 0 aromatic rings. The molecule has 0 bridgehead atoms. The lowest BCUT2D eigenvalue weighted by Crippen LogP contribution is -2.54. The van der Waals surface area contributed by atoms with Crippen LogP contribution in [0.5, 0.6) is 0 Å². The van der Waals surface area contributed by atoms with Crippen LogP contribution in [0.4, 0.5) is 0 Å². The van der Waals surface area contributed by atoms with Crippen LogP contribution in [-0.4, -0.2) is 58.6 Å². The number of carbonyl (C=O) groups excluding carboxylic acids is 3. The van der Waals surface area contributed by atoms with Crippen molar-refractivity contribution in [2.24, 2.45) is 11.8 Å². The van der Waals surface area contributed by atoms with Gasteiger partial charge in [0.15, 0.2) is 0 Å². The summed E-state index contributed by atoms with van der Waals surface area (Å²) in [5.41, 5.74) is -1.03. The van der Waals surface area contributed by atoms with E-state index in [0.717, 1.165) is 0 Å². The lowest BCUT2D eigenvalue weighted by atomic mass is 9.98. The SMILES string of the molecule is CC[C@H](C)C(=O)N1C[C@H](OC(C)(C)C)C[C@H]1C(=O)N[C@H](C(=O)OC(C)(C)C)[C@@H](C)CC. The lowest BCUT2D eigenvalue weighted by Gasteiger charge is -2.30. The minimum Gasteiger partial charge on any atom is -0.458 e. The minimum absolute atomic E-state index is 0.0555. The number of esters is 1. The summed E-state index contributed by atoms with van der Waals surface area (Å²) in [7, 11) is 0. The molecule has 0 radical (unpaired) electrons. The van der Waals surface area contributed by atoms with E-state index in [0.29, 0.717) is 25.8 Å². The van der Waals surface area contributed by atoms with E-state index in [-0.39, 0.29) is 35.4 Å². The van der Waals surface area contributed by atoms with Crippen LogP contribution in [0.15, 0.2) is 0 Å². The van der Waals surface area contributed by atoms with Gasteiger partial charge in [0.1, 0.15) is 17.7 Å². The quantitative estimate of drug-likeness (QED) is 0.582. The van der Waals surface area contributed by atoms with Gasteiger partial charge in [-0.1, -0.05) is 34.1 Å². The van der Waals surface area contributed by atoms with Crippen molar-refractivity contribution >= 4 is 17.8 Å². The van der Waals surface area contributed by atoms with Gasteiger partial charge in [-0.15, -0.1) is 0 Å². The predicted octanol–water partition coefficient (Wildman–Crippen LogP) is 3.69. The van der Waals surface area contributed by atoms with Gasteiger partial charge in [-0.2, -0.15) is 0 Å². The molecular formula is C24H44N2O5.